The molecule has 0 bridgehead atoms. The summed E-state index contributed by atoms with van der Waals surface area (Å²) in [6.07, 6.45) is 4.05. The summed E-state index contributed by atoms with van der Waals surface area (Å²) in [6, 6.07) is 5.46. The molecule has 28 heavy (non-hydrogen) atoms. The van der Waals surface area contributed by atoms with Crippen molar-refractivity contribution < 1.29 is 13.3 Å². The van der Waals surface area contributed by atoms with E-state index in [1.54, 1.807) is 11.0 Å². The molecule has 0 amide bonds. The SMILES string of the molecule is O=[N+]([O-])c1ccc(S(=O)(=O)N2CCN(Cn3ncn(C4CC4)c3=S)CC2)cc1. The van der Waals surface area contributed by atoms with Crippen LogP contribution in [0.15, 0.2) is 35.5 Å². The van der Waals surface area contributed by atoms with Crippen LogP contribution in [0.25, 0.3) is 0 Å². The van der Waals surface area contributed by atoms with Gasteiger partial charge in [-0.3, -0.25) is 15.0 Å². The number of aromatic nitrogens is 3. The van der Waals surface area contributed by atoms with Crippen LogP contribution in [-0.2, 0) is 16.7 Å². The highest BCUT2D eigenvalue weighted by atomic mass is 32.2. The summed E-state index contributed by atoms with van der Waals surface area (Å²) < 4.78 is 31.4. The number of benzene rings is 1. The molecule has 0 unspecified atom stereocenters. The van der Waals surface area contributed by atoms with E-state index in [4.69, 9.17) is 12.2 Å². The van der Waals surface area contributed by atoms with Crippen molar-refractivity contribution in [2.45, 2.75) is 30.4 Å². The second-order valence-electron chi connectivity index (χ2n) is 6.97. The van der Waals surface area contributed by atoms with Crippen molar-refractivity contribution in [1.82, 2.24) is 23.6 Å². The lowest BCUT2D eigenvalue weighted by molar-refractivity contribution is -0.384. The molecule has 0 N–H and O–H groups in total. The molecule has 10 nitrogen and oxygen atoms in total. The van der Waals surface area contributed by atoms with Gasteiger partial charge in [0, 0.05) is 44.4 Å². The zero-order valence-electron chi connectivity index (χ0n) is 15.0. The molecule has 0 spiro atoms. The third kappa shape index (κ3) is 3.72. The Morgan fingerprint density at radius 2 is 1.79 bits per heavy atom. The van der Waals surface area contributed by atoms with Gasteiger partial charge in [-0.05, 0) is 37.2 Å². The van der Waals surface area contributed by atoms with Gasteiger partial charge >= 0.3 is 0 Å². The summed E-state index contributed by atoms with van der Waals surface area (Å²) in [7, 11) is -3.67. The number of nitro benzene ring substituents is 1. The largest absolute Gasteiger partial charge is 0.303 e. The van der Waals surface area contributed by atoms with Crippen molar-refractivity contribution >= 4 is 27.9 Å². The maximum absolute atomic E-state index is 12.8. The summed E-state index contributed by atoms with van der Waals surface area (Å²) in [5, 5.41) is 15.1. The molecule has 150 valence electrons. The first-order valence-corrected chi connectivity index (χ1v) is 10.8. The van der Waals surface area contributed by atoms with Crippen LogP contribution in [0.5, 0.6) is 0 Å². The second-order valence-corrected chi connectivity index (χ2v) is 9.27. The lowest BCUT2D eigenvalue weighted by Gasteiger charge is -2.33. The summed E-state index contributed by atoms with van der Waals surface area (Å²) in [5.74, 6) is 0. The highest BCUT2D eigenvalue weighted by Crippen LogP contribution is 2.34. The van der Waals surface area contributed by atoms with Crippen LogP contribution >= 0.6 is 12.2 Å². The fourth-order valence-corrected chi connectivity index (χ4v) is 4.96. The quantitative estimate of drug-likeness (QED) is 0.394. The maximum Gasteiger partial charge on any atom is 0.269 e. The Bertz CT molecular complexity index is 1030. The number of nitrogens with zero attached hydrogens (tertiary/aromatic N) is 6. The van der Waals surface area contributed by atoms with Crippen LogP contribution in [-0.4, -0.2) is 63.1 Å². The molecule has 1 aliphatic heterocycles. The zero-order valence-corrected chi connectivity index (χ0v) is 16.7. The van der Waals surface area contributed by atoms with E-state index in [1.807, 2.05) is 4.57 Å². The zero-order chi connectivity index (χ0) is 19.9. The molecule has 1 saturated heterocycles. The van der Waals surface area contributed by atoms with Gasteiger partial charge in [0.25, 0.3) is 5.69 Å². The Hall–Kier alpha value is -2.15. The van der Waals surface area contributed by atoms with Crippen LogP contribution in [0.3, 0.4) is 0 Å². The van der Waals surface area contributed by atoms with E-state index < -0.39 is 14.9 Å². The molecule has 4 rings (SSSR count). The van der Waals surface area contributed by atoms with Crippen LogP contribution in [0.2, 0.25) is 0 Å². The summed E-state index contributed by atoms with van der Waals surface area (Å²) in [6.45, 7) is 2.34. The lowest BCUT2D eigenvalue weighted by Crippen LogP contribution is -2.48. The van der Waals surface area contributed by atoms with Gasteiger partial charge in [-0.25, -0.2) is 13.1 Å². The van der Waals surface area contributed by atoms with Gasteiger partial charge in [0.15, 0.2) is 4.77 Å². The standard InChI is InChI=1S/C16H20N6O4S2/c23-22(24)14-3-5-15(6-4-14)28(25,26)19-9-7-18(8-10-19)12-21-16(27)20(11-17-21)13-1-2-13/h3-6,11,13H,1-2,7-10,12H2. The Balaban J connectivity index is 1.39. The molecule has 0 radical (unpaired) electrons. The van der Waals surface area contributed by atoms with Gasteiger partial charge in [0.2, 0.25) is 10.0 Å². The van der Waals surface area contributed by atoms with Gasteiger partial charge in [0.1, 0.15) is 6.33 Å². The number of hydrogen-bond acceptors (Lipinski definition) is 7. The van der Waals surface area contributed by atoms with E-state index in [0.717, 1.165) is 12.8 Å². The molecule has 2 fully saturated rings. The van der Waals surface area contributed by atoms with Gasteiger partial charge in [0.05, 0.1) is 16.5 Å². The Kier molecular flexibility index (Phi) is 5.04. The maximum atomic E-state index is 12.8. The Morgan fingerprint density at radius 1 is 1.14 bits per heavy atom. The van der Waals surface area contributed by atoms with E-state index in [9.17, 15) is 18.5 Å². The topological polar surface area (TPSA) is 107 Å². The lowest BCUT2D eigenvalue weighted by atomic mass is 10.3. The highest BCUT2D eigenvalue weighted by Gasteiger charge is 2.30. The first-order valence-electron chi connectivity index (χ1n) is 8.97. The number of hydrogen-bond donors (Lipinski definition) is 0. The van der Waals surface area contributed by atoms with Crippen molar-refractivity contribution in [3.63, 3.8) is 0 Å². The molecule has 2 aliphatic rings. The molecule has 1 aromatic heterocycles. The summed E-state index contributed by atoms with van der Waals surface area (Å²) in [5.41, 5.74) is -0.133. The van der Waals surface area contributed by atoms with Crippen molar-refractivity contribution in [2.24, 2.45) is 0 Å². The van der Waals surface area contributed by atoms with Gasteiger partial charge in [-0.2, -0.15) is 9.40 Å². The average molecular weight is 425 g/mol. The monoisotopic (exact) mass is 424 g/mol. The minimum atomic E-state index is -3.67. The number of nitro groups is 1. The summed E-state index contributed by atoms with van der Waals surface area (Å²) in [4.78, 5) is 12.4. The van der Waals surface area contributed by atoms with E-state index in [2.05, 4.69) is 10.00 Å². The van der Waals surface area contributed by atoms with Gasteiger partial charge in [-0.1, -0.05) is 0 Å². The number of sulfonamides is 1. The fourth-order valence-electron chi connectivity index (χ4n) is 3.24. The Morgan fingerprint density at radius 3 is 2.36 bits per heavy atom. The number of piperazine rings is 1. The molecular weight excluding hydrogens is 404 g/mol. The minimum absolute atomic E-state index is 0.0666. The number of rotatable bonds is 6. The predicted octanol–water partition coefficient (Wildman–Crippen LogP) is 1.62. The molecular formula is C16H20N6O4S2. The highest BCUT2D eigenvalue weighted by molar-refractivity contribution is 7.89. The van der Waals surface area contributed by atoms with Crippen molar-refractivity contribution in [1.29, 1.82) is 0 Å². The van der Waals surface area contributed by atoms with E-state index in [-0.39, 0.29) is 10.6 Å². The van der Waals surface area contributed by atoms with Crippen molar-refractivity contribution in [2.75, 3.05) is 26.2 Å². The number of non-ortho nitro benzene ring substituents is 1. The van der Waals surface area contributed by atoms with Crippen LogP contribution in [0.4, 0.5) is 5.69 Å². The predicted molar refractivity (Wildman–Crippen MR) is 103 cm³/mol. The first-order chi connectivity index (χ1) is 13.4. The summed E-state index contributed by atoms with van der Waals surface area (Å²) >= 11 is 5.47. The molecule has 1 saturated carbocycles. The van der Waals surface area contributed by atoms with Crippen LogP contribution in [0, 0.1) is 14.9 Å². The Labute approximate surface area is 167 Å². The molecule has 12 heteroatoms. The first kappa shape index (κ1) is 19.2. The molecule has 0 atom stereocenters. The average Bonchev–Trinajstić information content (AvgIpc) is 3.47. The van der Waals surface area contributed by atoms with Crippen molar-refractivity contribution in [3.8, 4) is 0 Å². The van der Waals surface area contributed by atoms with Crippen LogP contribution < -0.4 is 0 Å². The van der Waals surface area contributed by atoms with E-state index >= 15 is 0 Å². The third-order valence-corrected chi connectivity index (χ3v) is 7.38. The van der Waals surface area contributed by atoms with Gasteiger partial charge < -0.3 is 4.57 Å². The minimum Gasteiger partial charge on any atom is -0.303 e. The normalized spacial score (nSPS) is 19.0. The second kappa shape index (κ2) is 7.35. The molecule has 2 aromatic rings. The molecule has 2 heterocycles. The smallest absolute Gasteiger partial charge is 0.269 e. The van der Waals surface area contributed by atoms with Crippen molar-refractivity contribution in [3.05, 3.63) is 45.5 Å². The van der Waals surface area contributed by atoms with Crippen LogP contribution in [0.1, 0.15) is 18.9 Å². The van der Waals surface area contributed by atoms with Gasteiger partial charge in [-0.15, -0.1) is 0 Å². The molecule has 1 aliphatic carbocycles. The third-order valence-electron chi connectivity index (χ3n) is 5.05. The molecule has 1 aromatic carbocycles. The van der Waals surface area contributed by atoms with E-state index in [0.29, 0.717) is 43.7 Å². The fraction of sp³-hybridized carbons (Fsp3) is 0.500. The van der Waals surface area contributed by atoms with E-state index in [1.165, 1.54) is 28.6 Å².